The van der Waals surface area contributed by atoms with E-state index in [0.29, 0.717) is 50.4 Å². The smallest absolute Gasteiger partial charge is 0.410 e. The van der Waals surface area contributed by atoms with Gasteiger partial charge in [0.2, 0.25) is 17.7 Å². The molecule has 2 aliphatic rings. The van der Waals surface area contributed by atoms with Gasteiger partial charge in [-0.1, -0.05) is 39.3 Å². The summed E-state index contributed by atoms with van der Waals surface area (Å²) in [6.45, 7) is 7.64. The molecule has 1 aromatic carbocycles. The molecule has 0 spiro atoms. The zero-order valence-electron chi connectivity index (χ0n) is 29.2. The minimum atomic E-state index is -0.992. The van der Waals surface area contributed by atoms with Crippen molar-refractivity contribution in [3.63, 3.8) is 0 Å². The summed E-state index contributed by atoms with van der Waals surface area (Å²) in [4.78, 5) is 89.3. The number of carbonyl (C=O) groups is 7. The van der Waals surface area contributed by atoms with E-state index in [0.717, 1.165) is 23.3 Å². The molecule has 0 radical (unpaired) electrons. The van der Waals surface area contributed by atoms with E-state index in [4.69, 9.17) is 10.5 Å². The van der Waals surface area contributed by atoms with Crippen molar-refractivity contribution < 1.29 is 38.3 Å². The zero-order valence-corrected chi connectivity index (χ0v) is 29.2. The lowest BCUT2D eigenvalue weighted by molar-refractivity contribution is -0.137. The van der Waals surface area contributed by atoms with Crippen LogP contribution in [0.4, 0.5) is 15.3 Å². The third-order valence-electron chi connectivity index (χ3n) is 8.68. The number of urea groups is 1. The Morgan fingerprint density at radius 3 is 2.18 bits per heavy atom. The number of unbranched alkanes of at least 4 members (excludes halogenated alkanes) is 2. The van der Waals surface area contributed by atoms with Crippen LogP contribution in [0.2, 0.25) is 0 Å². The maximum atomic E-state index is 13.4. The number of benzene rings is 1. The highest BCUT2D eigenvalue weighted by Gasteiger charge is 2.29. The lowest BCUT2D eigenvalue weighted by Gasteiger charge is -2.29. The number of nitrogens with one attached hydrogen (secondary N) is 4. The molecule has 2 atom stereocenters. The monoisotopic (exact) mass is 697 g/mol. The molecule has 1 saturated heterocycles. The maximum absolute atomic E-state index is 13.4. The highest BCUT2D eigenvalue weighted by Crippen LogP contribution is 2.18. The van der Waals surface area contributed by atoms with Crippen LogP contribution >= 0.6 is 0 Å². The molecular formula is C35H51N7O8. The summed E-state index contributed by atoms with van der Waals surface area (Å²) in [5.41, 5.74) is 6.36. The number of hydrogen-bond donors (Lipinski definition) is 5. The Kier molecular flexibility index (Phi) is 15.7. The first-order chi connectivity index (χ1) is 23.8. The SMILES string of the molecule is CC1CCN(C(=O)OCc2ccc(NC(=O)[C@H](CCCNC(N)=O)NC(=O)[C@@H](NC(=O)CCCCCN3C(=O)C=CC3=O)C(C)C)cc2)CC1. The van der Waals surface area contributed by atoms with Gasteiger partial charge in [0.1, 0.15) is 18.7 Å². The Balaban J connectivity index is 1.51. The van der Waals surface area contributed by atoms with Gasteiger partial charge in [0.15, 0.2) is 0 Å². The van der Waals surface area contributed by atoms with Gasteiger partial charge in [0.05, 0.1) is 0 Å². The van der Waals surface area contributed by atoms with Gasteiger partial charge < -0.3 is 36.6 Å². The molecule has 3 rings (SSSR count). The van der Waals surface area contributed by atoms with E-state index in [-0.39, 0.29) is 62.3 Å². The predicted molar refractivity (Wildman–Crippen MR) is 185 cm³/mol. The molecule has 0 aromatic heterocycles. The Labute approximate surface area is 293 Å². The van der Waals surface area contributed by atoms with Crippen molar-refractivity contribution in [2.45, 2.75) is 90.8 Å². The first kappa shape index (κ1) is 39.5. The number of nitrogens with zero attached hydrogens (tertiary/aromatic N) is 2. The van der Waals surface area contributed by atoms with Crippen molar-refractivity contribution in [1.82, 2.24) is 25.8 Å². The Hall–Kier alpha value is -4.95. The lowest BCUT2D eigenvalue weighted by Crippen LogP contribution is -2.54. The lowest BCUT2D eigenvalue weighted by atomic mass is 10.00. The molecule has 1 fully saturated rings. The van der Waals surface area contributed by atoms with Crippen LogP contribution in [0.3, 0.4) is 0 Å². The van der Waals surface area contributed by atoms with E-state index < -0.39 is 29.9 Å². The normalized spacial score (nSPS) is 15.8. The molecule has 15 nitrogen and oxygen atoms in total. The van der Waals surface area contributed by atoms with Gasteiger partial charge in [-0.25, -0.2) is 9.59 Å². The van der Waals surface area contributed by atoms with Crippen molar-refractivity contribution in [3.05, 3.63) is 42.0 Å². The minimum absolute atomic E-state index is 0.0886. The fourth-order valence-corrected chi connectivity index (χ4v) is 5.55. The van der Waals surface area contributed by atoms with Crippen molar-refractivity contribution >= 4 is 47.3 Å². The summed E-state index contributed by atoms with van der Waals surface area (Å²) in [6.07, 6.45) is 6.34. The van der Waals surface area contributed by atoms with Crippen LogP contribution in [0.25, 0.3) is 0 Å². The van der Waals surface area contributed by atoms with Gasteiger partial charge in [-0.05, 0) is 68.1 Å². The van der Waals surface area contributed by atoms with Crippen molar-refractivity contribution in [2.75, 3.05) is 31.5 Å². The number of anilines is 1. The molecule has 2 aliphatic heterocycles. The van der Waals surface area contributed by atoms with E-state index >= 15 is 0 Å². The number of primary amides is 1. The number of rotatable bonds is 18. The molecule has 274 valence electrons. The summed E-state index contributed by atoms with van der Waals surface area (Å²) in [7, 11) is 0. The Morgan fingerprint density at radius 1 is 0.900 bits per heavy atom. The van der Waals surface area contributed by atoms with E-state index in [2.05, 4.69) is 28.2 Å². The molecule has 8 amide bonds. The van der Waals surface area contributed by atoms with Gasteiger partial charge in [-0.3, -0.25) is 28.9 Å². The molecule has 1 aromatic rings. The number of imide groups is 1. The number of ether oxygens (including phenoxy) is 1. The summed E-state index contributed by atoms with van der Waals surface area (Å²) in [6, 6.07) is 4.20. The van der Waals surface area contributed by atoms with Gasteiger partial charge in [-0.2, -0.15) is 0 Å². The number of hydrogen-bond acceptors (Lipinski definition) is 8. The molecule has 2 heterocycles. The van der Waals surface area contributed by atoms with Crippen LogP contribution in [-0.4, -0.2) is 89.7 Å². The van der Waals surface area contributed by atoms with E-state index in [1.165, 1.54) is 12.2 Å². The first-order valence-electron chi connectivity index (χ1n) is 17.3. The molecule has 0 aliphatic carbocycles. The highest BCUT2D eigenvalue weighted by molar-refractivity contribution is 6.12. The minimum Gasteiger partial charge on any atom is -0.445 e. The van der Waals surface area contributed by atoms with Crippen molar-refractivity contribution in [3.8, 4) is 0 Å². The van der Waals surface area contributed by atoms with Crippen molar-refractivity contribution in [2.24, 2.45) is 17.6 Å². The van der Waals surface area contributed by atoms with E-state index in [1.54, 1.807) is 43.0 Å². The largest absolute Gasteiger partial charge is 0.445 e. The van der Waals surface area contributed by atoms with Crippen molar-refractivity contribution in [1.29, 1.82) is 0 Å². The van der Waals surface area contributed by atoms with Crippen LogP contribution in [0.15, 0.2) is 36.4 Å². The van der Waals surface area contributed by atoms with Gasteiger partial charge in [0.25, 0.3) is 11.8 Å². The third kappa shape index (κ3) is 13.2. The average molecular weight is 698 g/mol. The van der Waals surface area contributed by atoms with Gasteiger partial charge >= 0.3 is 12.1 Å². The second-order valence-electron chi connectivity index (χ2n) is 13.2. The number of carbonyl (C=O) groups excluding carboxylic acids is 7. The number of amides is 8. The van der Waals surface area contributed by atoms with Crippen LogP contribution in [0.1, 0.15) is 77.7 Å². The molecular weight excluding hydrogens is 646 g/mol. The molecule has 15 heteroatoms. The Bertz CT molecular complexity index is 1370. The number of nitrogens with two attached hydrogens (primary N) is 1. The predicted octanol–water partition coefficient (Wildman–Crippen LogP) is 2.55. The Morgan fingerprint density at radius 2 is 1.56 bits per heavy atom. The van der Waals surface area contributed by atoms with Crippen LogP contribution < -0.4 is 27.0 Å². The van der Waals surface area contributed by atoms with Crippen LogP contribution in [0.5, 0.6) is 0 Å². The number of piperidine rings is 1. The average Bonchev–Trinajstić information content (AvgIpc) is 3.40. The van der Waals surface area contributed by atoms with Crippen LogP contribution in [0, 0.1) is 11.8 Å². The number of likely N-dealkylation sites (tertiary alicyclic amines) is 1. The standard InChI is InChI=1S/C35H51N7O8/c1-23(2)31(40-28(43)9-5-4-6-19-42-29(44)14-15-30(42)45)33(47)39-27(8-7-18-37-34(36)48)32(46)38-26-12-10-25(11-13-26)22-50-35(49)41-20-16-24(3)17-21-41/h10-15,23-24,27,31H,4-9,16-22H2,1-3H3,(H,38,46)(H,39,47)(H,40,43)(H3,36,37,48)/t27-,31-/m0/s1. The highest BCUT2D eigenvalue weighted by atomic mass is 16.6. The second kappa shape index (κ2) is 19.9. The summed E-state index contributed by atoms with van der Waals surface area (Å²) in [5, 5.41) is 10.8. The topological polar surface area (TPSA) is 209 Å². The fraction of sp³-hybridized carbons (Fsp3) is 0.571. The molecule has 0 bridgehead atoms. The summed E-state index contributed by atoms with van der Waals surface area (Å²) < 4.78 is 5.46. The molecule has 0 saturated carbocycles. The third-order valence-corrected chi connectivity index (χ3v) is 8.68. The molecule has 0 unspecified atom stereocenters. The van der Waals surface area contributed by atoms with E-state index in [9.17, 15) is 33.6 Å². The van der Waals surface area contributed by atoms with Crippen LogP contribution in [-0.2, 0) is 35.3 Å². The van der Waals surface area contributed by atoms with Gasteiger partial charge in [0, 0.05) is 50.4 Å². The van der Waals surface area contributed by atoms with Gasteiger partial charge in [-0.15, -0.1) is 0 Å². The summed E-state index contributed by atoms with van der Waals surface area (Å²) >= 11 is 0. The van der Waals surface area contributed by atoms with E-state index in [1.807, 2.05) is 0 Å². The maximum Gasteiger partial charge on any atom is 0.410 e. The quantitative estimate of drug-likeness (QED) is 0.113. The second-order valence-corrected chi connectivity index (χ2v) is 13.2. The first-order valence-corrected chi connectivity index (χ1v) is 17.3. The molecule has 6 N–H and O–H groups in total. The fourth-order valence-electron chi connectivity index (χ4n) is 5.55. The molecule has 50 heavy (non-hydrogen) atoms. The zero-order chi connectivity index (χ0) is 36.6. The summed E-state index contributed by atoms with van der Waals surface area (Å²) in [5.74, 6) is -1.74.